The molecule has 3 nitrogen and oxygen atoms in total. The fourth-order valence-electron chi connectivity index (χ4n) is 4.00. The van der Waals surface area contributed by atoms with Crippen LogP contribution in [0.4, 0.5) is 4.11 Å². The third kappa shape index (κ3) is 5.69. The molecule has 0 spiro atoms. The van der Waals surface area contributed by atoms with Crippen LogP contribution in [0.25, 0.3) is 0 Å². The maximum Gasteiger partial charge on any atom is 0.283 e. The highest BCUT2D eigenvalue weighted by Gasteiger charge is 2.45. The van der Waals surface area contributed by atoms with E-state index in [1.54, 1.807) is 0 Å². The van der Waals surface area contributed by atoms with Crippen LogP contribution in [0.5, 0.6) is 5.75 Å². The van der Waals surface area contributed by atoms with Crippen molar-refractivity contribution in [2.75, 3.05) is 6.61 Å². The first-order valence-corrected chi connectivity index (χ1v) is 12.4. The number of hydrogen-bond donors (Lipinski definition) is 1. The molecule has 0 aliphatic heterocycles. The van der Waals surface area contributed by atoms with Gasteiger partial charge in [-0.1, -0.05) is 58.0 Å². The summed E-state index contributed by atoms with van der Waals surface area (Å²) >= 11 is 0. The maximum absolute atomic E-state index is 16.1. The average molecular weight is 415 g/mol. The lowest BCUT2D eigenvalue weighted by Gasteiger charge is -2.33. The van der Waals surface area contributed by atoms with Gasteiger partial charge in [0.05, 0.1) is 13.0 Å². The van der Waals surface area contributed by atoms with Crippen molar-refractivity contribution in [2.45, 2.75) is 65.6 Å². The number of carbonyl (C=O) groups is 1. The number of carbonyl (C=O) groups excluding carboxylic acids is 1. The van der Waals surface area contributed by atoms with Crippen molar-refractivity contribution >= 4 is 19.5 Å². The van der Waals surface area contributed by atoms with Crippen LogP contribution in [0.15, 0.2) is 42.5 Å². The van der Waals surface area contributed by atoms with E-state index in [0.29, 0.717) is 18.9 Å². The second-order valence-electron chi connectivity index (χ2n) is 8.37. The largest absolute Gasteiger partial charge is 0.493 e. The van der Waals surface area contributed by atoms with Crippen LogP contribution in [-0.4, -0.2) is 20.9 Å². The van der Waals surface area contributed by atoms with Gasteiger partial charge in [0.15, 0.2) is 0 Å². The topological polar surface area (TPSA) is 38.3 Å². The summed E-state index contributed by atoms with van der Waals surface area (Å²) in [6, 6.07) is 13.6. The van der Waals surface area contributed by atoms with Gasteiger partial charge in [-0.15, -0.1) is 0 Å². The van der Waals surface area contributed by atoms with Gasteiger partial charge in [-0.05, 0) is 58.9 Å². The lowest BCUT2D eigenvalue weighted by molar-refractivity contribution is -0.121. The number of ether oxygens (including phenoxy) is 1. The molecule has 0 aliphatic rings. The summed E-state index contributed by atoms with van der Waals surface area (Å²) in [5, 5.41) is 3.80. The Bertz CT molecular complexity index is 790. The van der Waals surface area contributed by atoms with Crippen molar-refractivity contribution in [3.8, 4) is 5.75 Å². The Hall–Kier alpha value is -2.14. The van der Waals surface area contributed by atoms with Crippen molar-refractivity contribution in [2.24, 2.45) is 0 Å². The van der Waals surface area contributed by atoms with Gasteiger partial charge in [-0.25, -0.2) is 0 Å². The Kier molecular flexibility index (Phi) is 8.02. The van der Waals surface area contributed by atoms with E-state index in [9.17, 15) is 4.79 Å². The van der Waals surface area contributed by atoms with E-state index in [0.717, 1.165) is 21.9 Å². The number of rotatable bonds is 9. The Labute approximate surface area is 175 Å². The Morgan fingerprint density at radius 2 is 1.59 bits per heavy atom. The molecule has 5 heteroatoms. The molecule has 0 fully saturated rings. The van der Waals surface area contributed by atoms with Gasteiger partial charge in [-0.3, -0.25) is 4.79 Å². The van der Waals surface area contributed by atoms with E-state index in [-0.39, 0.29) is 23.4 Å². The smallest absolute Gasteiger partial charge is 0.283 e. The van der Waals surface area contributed by atoms with Crippen LogP contribution in [0.3, 0.4) is 0 Å². The summed E-state index contributed by atoms with van der Waals surface area (Å²) in [6.45, 7) is 12.7. The molecular weight excluding hydrogens is 380 g/mol. The lowest BCUT2D eigenvalue weighted by Crippen LogP contribution is -2.51. The van der Waals surface area contributed by atoms with E-state index < -0.39 is 8.41 Å². The summed E-state index contributed by atoms with van der Waals surface area (Å²) < 4.78 is 21.9. The van der Waals surface area contributed by atoms with Gasteiger partial charge in [-0.2, -0.15) is 0 Å². The third-order valence-corrected chi connectivity index (χ3v) is 10.4. The molecule has 29 heavy (non-hydrogen) atoms. The first-order chi connectivity index (χ1) is 13.7. The standard InChI is InChI=1S/C24H34FNO2Si/c1-17(2)29(25,18(3)4)24-19(5)14-22(15-20(24)6)28-13-12-23(27)26-16-21-10-8-7-9-11-21/h7-11,14-15,17-18H,12-13,16H2,1-6H3,(H,26,27)/i25-1. The molecule has 0 saturated heterocycles. The molecular formula is C24H34FNO2Si. The van der Waals surface area contributed by atoms with Gasteiger partial charge in [0.2, 0.25) is 5.91 Å². The van der Waals surface area contributed by atoms with Gasteiger partial charge >= 0.3 is 0 Å². The highest BCUT2D eigenvalue weighted by atomic mass is 28.4. The van der Waals surface area contributed by atoms with E-state index >= 15 is 4.11 Å². The van der Waals surface area contributed by atoms with Gasteiger partial charge < -0.3 is 14.2 Å². The molecule has 0 unspecified atom stereocenters. The van der Waals surface area contributed by atoms with Gasteiger partial charge in [0.1, 0.15) is 5.75 Å². The first-order valence-electron chi connectivity index (χ1n) is 10.4. The number of hydrogen-bond acceptors (Lipinski definition) is 2. The molecule has 2 aromatic carbocycles. The Morgan fingerprint density at radius 1 is 1.03 bits per heavy atom. The molecule has 0 heterocycles. The average Bonchev–Trinajstić information content (AvgIpc) is 2.66. The normalized spacial score (nSPS) is 11.8. The molecule has 158 valence electrons. The van der Waals surface area contributed by atoms with Crippen LogP contribution >= 0.6 is 0 Å². The van der Waals surface area contributed by atoms with Gasteiger partial charge in [0.25, 0.3) is 8.41 Å². The monoisotopic (exact) mass is 414 g/mol. The number of amides is 1. The maximum atomic E-state index is 16.1. The van der Waals surface area contributed by atoms with Crippen LogP contribution in [-0.2, 0) is 11.3 Å². The summed E-state index contributed by atoms with van der Waals surface area (Å²) in [5.41, 5.74) is 2.99. The highest BCUT2D eigenvalue weighted by Crippen LogP contribution is 2.35. The summed E-state index contributed by atoms with van der Waals surface area (Å²) in [4.78, 5) is 12.0. The number of aryl methyl sites for hydroxylation is 2. The molecule has 0 aliphatic carbocycles. The van der Waals surface area contributed by atoms with Crippen molar-refractivity contribution in [1.29, 1.82) is 0 Å². The van der Waals surface area contributed by atoms with E-state index in [2.05, 4.69) is 5.32 Å². The molecule has 1 amide bonds. The van der Waals surface area contributed by atoms with Crippen molar-refractivity contribution < 1.29 is 13.6 Å². The van der Waals surface area contributed by atoms with Crippen LogP contribution < -0.4 is 15.2 Å². The molecule has 0 radical (unpaired) electrons. The van der Waals surface area contributed by atoms with Crippen LogP contribution in [0.1, 0.15) is 50.8 Å². The quantitative estimate of drug-likeness (QED) is 0.445. The van der Waals surface area contributed by atoms with E-state index in [1.165, 1.54) is 0 Å². The third-order valence-electron chi connectivity index (χ3n) is 5.50. The summed E-state index contributed by atoms with van der Waals surface area (Å²) in [5.74, 6) is 0.650. The SMILES string of the molecule is Cc1cc(OCCC(=O)NCc2ccccc2)cc(C)c1[Si]([18F])(C(C)C)C(C)C. The Morgan fingerprint density at radius 3 is 2.10 bits per heavy atom. The summed E-state index contributed by atoms with van der Waals surface area (Å²) in [6.07, 6.45) is 0.284. The minimum atomic E-state index is -3.10. The fraction of sp³-hybridized carbons (Fsp3) is 0.458. The molecule has 2 aromatic rings. The molecule has 1 N–H and O–H groups in total. The van der Waals surface area contributed by atoms with E-state index in [1.807, 2.05) is 84.0 Å². The highest BCUT2D eigenvalue weighted by molar-refractivity contribution is 6.88. The number of benzene rings is 2. The van der Waals surface area contributed by atoms with Crippen LogP contribution in [0, 0.1) is 13.8 Å². The predicted molar refractivity (Wildman–Crippen MR) is 121 cm³/mol. The molecule has 0 atom stereocenters. The lowest BCUT2D eigenvalue weighted by atomic mass is 10.1. The minimum absolute atomic E-state index is 0.0139. The van der Waals surface area contributed by atoms with Gasteiger partial charge in [0, 0.05) is 6.54 Å². The van der Waals surface area contributed by atoms with Crippen LogP contribution in [0.2, 0.25) is 11.1 Å². The number of nitrogens with one attached hydrogen (secondary N) is 1. The molecule has 2 rings (SSSR count). The van der Waals surface area contributed by atoms with Crippen molar-refractivity contribution in [3.63, 3.8) is 0 Å². The first kappa shape index (κ1) is 23.1. The molecule has 0 saturated carbocycles. The fourth-order valence-corrected chi connectivity index (χ4v) is 7.84. The zero-order chi connectivity index (χ0) is 21.6. The molecule has 0 bridgehead atoms. The van der Waals surface area contributed by atoms with Crippen molar-refractivity contribution in [3.05, 3.63) is 59.2 Å². The molecule has 0 aromatic heterocycles. The van der Waals surface area contributed by atoms with E-state index in [4.69, 9.17) is 4.74 Å². The zero-order valence-electron chi connectivity index (χ0n) is 18.5. The predicted octanol–water partition coefficient (Wildman–Crippen LogP) is 5.33. The second kappa shape index (κ2) is 10.1. The van der Waals surface area contributed by atoms with Crippen molar-refractivity contribution in [1.82, 2.24) is 5.32 Å². The second-order valence-corrected chi connectivity index (χ2v) is 12.7. The summed E-state index contributed by atoms with van der Waals surface area (Å²) in [7, 11) is -3.10. The zero-order valence-corrected chi connectivity index (χ0v) is 19.5. The Balaban J connectivity index is 1.98. The number of halogens is 1. The minimum Gasteiger partial charge on any atom is -0.493 e.